The van der Waals surface area contributed by atoms with Crippen LogP contribution in [0.4, 0.5) is 0 Å². The van der Waals surface area contributed by atoms with Crippen LogP contribution in [-0.4, -0.2) is 28.9 Å². The zero-order valence-corrected chi connectivity index (χ0v) is 12.6. The van der Waals surface area contributed by atoms with Gasteiger partial charge in [0.15, 0.2) is 0 Å². The third kappa shape index (κ3) is 4.39. The maximum Gasteiger partial charge on any atom is 0.303 e. The average Bonchev–Trinajstić information content (AvgIpc) is 2.46. The standard InChI is InChI=1S/C15H16N2O3S/c1-10(20-11(2)18)9-19-14-6-4-3-5-12(14)13-7-8-15(21)17-16-13/h3-8,10H,9H2,1-2H3,(H,17,21). The molecule has 0 aliphatic heterocycles. The summed E-state index contributed by atoms with van der Waals surface area (Å²) in [5.41, 5.74) is 1.58. The minimum absolute atomic E-state index is 0.277. The second-order valence-corrected chi connectivity index (χ2v) is 4.97. The van der Waals surface area contributed by atoms with Gasteiger partial charge in [0.2, 0.25) is 0 Å². The molecule has 21 heavy (non-hydrogen) atoms. The number of carbonyl (C=O) groups excluding carboxylic acids is 1. The van der Waals surface area contributed by atoms with E-state index < -0.39 is 0 Å². The van der Waals surface area contributed by atoms with Crippen molar-refractivity contribution in [1.29, 1.82) is 0 Å². The first-order valence-electron chi connectivity index (χ1n) is 6.51. The van der Waals surface area contributed by atoms with E-state index in [1.165, 1.54) is 6.92 Å². The number of benzene rings is 1. The molecule has 0 fully saturated rings. The van der Waals surface area contributed by atoms with Crippen molar-refractivity contribution in [1.82, 2.24) is 10.2 Å². The van der Waals surface area contributed by atoms with E-state index in [-0.39, 0.29) is 18.7 Å². The van der Waals surface area contributed by atoms with Crippen LogP contribution in [0.15, 0.2) is 36.4 Å². The van der Waals surface area contributed by atoms with Gasteiger partial charge in [0, 0.05) is 12.5 Å². The van der Waals surface area contributed by atoms with Gasteiger partial charge in [-0.15, -0.1) is 0 Å². The van der Waals surface area contributed by atoms with Crippen molar-refractivity contribution >= 4 is 18.2 Å². The molecule has 0 aliphatic rings. The SMILES string of the molecule is CC(=O)OC(C)COc1ccccc1-c1ccc(=S)[nH]n1. The summed E-state index contributed by atoms with van der Waals surface area (Å²) in [6.07, 6.45) is -0.315. The van der Waals surface area contributed by atoms with E-state index in [0.717, 1.165) is 11.3 Å². The average molecular weight is 304 g/mol. The summed E-state index contributed by atoms with van der Waals surface area (Å²) in [7, 11) is 0. The number of esters is 1. The Hall–Kier alpha value is -2.21. The first kappa shape index (κ1) is 15.2. The van der Waals surface area contributed by atoms with Crippen molar-refractivity contribution < 1.29 is 14.3 Å². The summed E-state index contributed by atoms with van der Waals surface area (Å²) >= 11 is 4.98. The number of hydrogen-bond acceptors (Lipinski definition) is 5. The van der Waals surface area contributed by atoms with E-state index in [2.05, 4.69) is 10.2 Å². The largest absolute Gasteiger partial charge is 0.489 e. The molecule has 5 nitrogen and oxygen atoms in total. The molecule has 0 aliphatic carbocycles. The van der Waals surface area contributed by atoms with Gasteiger partial charge >= 0.3 is 5.97 Å². The van der Waals surface area contributed by atoms with E-state index in [9.17, 15) is 4.79 Å². The van der Waals surface area contributed by atoms with Crippen molar-refractivity contribution in [2.45, 2.75) is 20.0 Å². The Morgan fingerprint density at radius 2 is 2.10 bits per heavy atom. The monoisotopic (exact) mass is 304 g/mol. The van der Waals surface area contributed by atoms with E-state index in [0.29, 0.717) is 10.4 Å². The fraction of sp³-hybridized carbons (Fsp3) is 0.267. The van der Waals surface area contributed by atoms with Crippen molar-refractivity contribution in [3.63, 3.8) is 0 Å². The summed E-state index contributed by atoms with van der Waals surface area (Å²) in [4.78, 5) is 10.9. The number of hydrogen-bond donors (Lipinski definition) is 1. The van der Waals surface area contributed by atoms with Gasteiger partial charge in [-0.3, -0.25) is 9.89 Å². The molecule has 0 spiro atoms. The number of ether oxygens (including phenoxy) is 2. The van der Waals surface area contributed by atoms with Gasteiger partial charge in [0.05, 0.1) is 5.69 Å². The Bertz CT molecular complexity index is 664. The molecular formula is C15H16N2O3S. The third-order valence-corrected chi connectivity index (χ3v) is 2.91. The Kier molecular flexibility index (Phi) is 5.05. The molecule has 0 saturated carbocycles. The van der Waals surface area contributed by atoms with Crippen LogP contribution in [0, 0.1) is 4.64 Å². The highest BCUT2D eigenvalue weighted by molar-refractivity contribution is 7.71. The lowest BCUT2D eigenvalue weighted by Gasteiger charge is -2.15. The summed E-state index contributed by atoms with van der Waals surface area (Å²) in [5, 5.41) is 6.95. The van der Waals surface area contributed by atoms with E-state index >= 15 is 0 Å². The van der Waals surface area contributed by atoms with E-state index in [4.69, 9.17) is 21.7 Å². The number of H-pyrrole nitrogens is 1. The van der Waals surface area contributed by atoms with Crippen molar-refractivity contribution in [2.75, 3.05) is 6.61 Å². The molecule has 1 heterocycles. The Morgan fingerprint density at radius 1 is 1.33 bits per heavy atom. The van der Waals surface area contributed by atoms with Crippen molar-refractivity contribution in [2.24, 2.45) is 0 Å². The molecule has 1 aromatic carbocycles. The number of para-hydroxylation sites is 1. The van der Waals surface area contributed by atoms with Crippen LogP contribution in [0.1, 0.15) is 13.8 Å². The quantitative estimate of drug-likeness (QED) is 0.679. The molecule has 0 amide bonds. The molecule has 1 N–H and O–H groups in total. The van der Waals surface area contributed by atoms with Crippen LogP contribution in [0.25, 0.3) is 11.3 Å². The lowest BCUT2D eigenvalue weighted by Crippen LogP contribution is -2.20. The van der Waals surface area contributed by atoms with Gasteiger partial charge in [-0.25, -0.2) is 0 Å². The Labute approximate surface area is 127 Å². The number of nitrogens with zero attached hydrogens (tertiary/aromatic N) is 1. The number of rotatable bonds is 5. The van der Waals surface area contributed by atoms with Gasteiger partial charge < -0.3 is 9.47 Å². The van der Waals surface area contributed by atoms with E-state index in [1.54, 1.807) is 13.0 Å². The molecule has 1 atom stereocenters. The second-order valence-electron chi connectivity index (χ2n) is 4.53. The molecule has 1 unspecified atom stereocenters. The molecule has 0 bridgehead atoms. The summed E-state index contributed by atoms with van der Waals surface area (Å²) < 4.78 is 11.3. The summed E-state index contributed by atoms with van der Waals surface area (Å²) in [6.45, 7) is 3.43. The molecule has 0 radical (unpaired) electrons. The number of carbonyl (C=O) groups is 1. The molecular weight excluding hydrogens is 288 g/mol. The van der Waals surface area contributed by atoms with E-state index in [1.807, 2.05) is 30.3 Å². The zero-order chi connectivity index (χ0) is 15.2. The topological polar surface area (TPSA) is 64.2 Å². The molecule has 6 heteroatoms. The van der Waals surface area contributed by atoms with Crippen molar-refractivity contribution in [3.8, 4) is 17.0 Å². The lowest BCUT2D eigenvalue weighted by molar-refractivity contribution is -0.146. The predicted octanol–water partition coefficient (Wildman–Crippen LogP) is 3.14. The van der Waals surface area contributed by atoms with Crippen LogP contribution in [0.2, 0.25) is 0 Å². The normalized spacial score (nSPS) is 11.7. The molecule has 1 aromatic heterocycles. The van der Waals surface area contributed by atoms with Gasteiger partial charge in [-0.05, 0) is 31.2 Å². The van der Waals surface area contributed by atoms with Gasteiger partial charge in [-0.2, -0.15) is 5.10 Å². The lowest BCUT2D eigenvalue weighted by atomic mass is 10.1. The van der Waals surface area contributed by atoms with Gasteiger partial charge in [0.25, 0.3) is 0 Å². The van der Waals surface area contributed by atoms with Crippen LogP contribution >= 0.6 is 12.2 Å². The van der Waals surface area contributed by atoms with Crippen LogP contribution in [0.3, 0.4) is 0 Å². The fourth-order valence-corrected chi connectivity index (χ4v) is 1.94. The first-order valence-corrected chi connectivity index (χ1v) is 6.92. The maximum atomic E-state index is 10.9. The fourth-order valence-electron chi connectivity index (χ4n) is 1.82. The zero-order valence-electron chi connectivity index (χ0n) is 11.8. The first-order chi connectivity index (χ1) is 10.1. The molecule has 2 rings (SSSR count). The maximum absolute atomic E-state index is 10.9. The van der Waals surface area contributed by atoms with Crippen LogP contribution in [-0.2, 0) is 9.53 Å². The molecule has 110 valence electrons. The van der Waals surface area contributed by atoms with Crippen LogP contribution in [0.5, 0.6) is 5.75 Å². The number of aromatic nitrogens is 2. The Morgan fingerprint density at radius 3 is 2.76 bits per heavy atom. The van der Waals surface area contributed by atoms with Gasteiger partial charge in [-0.1, -0.05) is 24.4 Å². The highest BCUT2D eigenvalue weighted by Gasteiger charge is 2.10. The number of nitrogens with one attached hydrogen (secondary N) is 1. The summed E-state index contributed by atoms with van der Waals surface area (Å²) in [5.74, 6) is 0.353. The third-order valence-electron chi connectivity index (χ3n) is 2.68. The second kappa shape index (κ2) is 6.99. The minimum Gasteiger partial charge on any atom is -0.489 e. The van der Waals surface area contributed by atoms with Crippen molar-refractivity contribution in [3.05, 3.63) is 41.0 Å². The smallest absolute Gasteiger partial charge is 0.303 e. The number of aromatic amines is 1. The summed E-state index contributed by atoms with van der Waals surface area (Å²) in [6, 6.07) is 11.1. The highest BCUT2D eigenvalue weighted by Crippen LogP contribution is 2.27. The van der Waals surface area contributed by atoms with Crippen LogP contribution < -0.4 is 4.74 Å². The molecule has 0 saturated heterocycles. The van der Waals surface area contributed by atoms with Gasteiger partial charge in [0.1, 0.15) is 23.1 Å². The Balaban J connectivity index is 2.15. The minimum atomic E-state index is -0.323. The predicted molar refractivity (Wildman–Crippen MR) is 81.6 cm³/mol. The highest BCUT2D eigenvalue weighted by atomic mass is 32.1. The molecule has 2 aromatic rings.